The third-order valence-corrected chi connectivity index (χ3v) is 3.41. The van der Waals surface area contributed by atoms with E-state index in [0.717, 1.165) is 5.69 Å². The second kappa shape index (κ2) is 4.45. The van der Waals surface area contributed by atoms with Crippen LogP contribution in [0.4, 0.5) is 0 Å². The highest BCUT2D eigenvalue weighted by Gasteiger charge is 2.18. The van der Waals surface area contributed by atoms with Crippen molar-refractivity contribution in [2.24, 2.45) is 0 Å². The zero-order valence-electron chi connectivity index (χ0n) is 7.84. The number of rotatable bonds is 1. The van der Waals surface area contributed by atoms with Crippen LogP contribution in [0.2, 0.25) is 10.2 Å². The van der Waals surface area contributed by atoms with E-state index in [-0.39, 0.29) is 0 Å². The number of nitrogens with zero attached hydrogens (tertiary/aromatic N) is 2. The Labute approximate surface area is 93.6 Å². The molecule has 2 nitrogen and oxygen atoms in total. The maximum atomic E-state index is 5.90. The van der Waals surface area contributed by atoms with E-state index in [1.807, 2.05) is 6.07 Å². The summed E-state index contributed by atoms with van der Waals surface area (Å²) in [7, 11) is 0. The van der Waals surface area contributed by atoms with Crippen LogP contribution in [0.3, 0.4) is 0 Å². The maximum absolute atomic E-state index is 5.90. The number of aromatic nitrogens is 2. The Morgan fingerprint density at radius 2 is 1.79 bits per heavy atom. The molecule has 14 heavy (non-hydrogen) atoms. The molecule has 0 bridgehead atoms. The van der Waals surface area contributed by atoms with Gasteiger partial charge >= 0.3 is 0 Å². The lowest BCUT2D eigenvalue weighted by molar-refractivity contribution is 0.434. The molecule has 76 valence electrons. The monoisotopic (exact) mass is 230 g/mol. The average Bonchev–Trinajstić information content (AvgIpc) is 2.23. The molecule has 2 rings (SSSR count). The molecule has 4 heteroatoms. The largest absolute Gasteiger partial charge is 0.170 e. The van der Waals surface area contributed by atoms with Crippen LogP contribution < -0.4 is 0 Å². The third kappa shape index (κ3) is 2.18. The summed E-state index contributed by atoms with van der Waals surface area (Å²) in [5.74, 6) is 0.533. The van der Waals surface area contributed by atoms with Crippen LogP contribution in [-0.2, 0) is 0 Å². The predicted molar refractivity (Wildman–Crippen MR) is 57.9 cm³/mol. The van der Waals surface area contributed by atoms with E-state index in [0.29, 0.717) is 16.1 Å². The quantitative estimate of drug-likeness (QED) is 0.733. The molecule has 1 aromatic heterocycles. The summed E-state index contributed by atoms with van der Waals surface area (Å²) in [6.07, 6.45) is 6.31. The lowest BCUT2D eigenvalue weighted by Crippen LogP contribution is -2.07. The normalized spacial score (nSPS) is 18.4. The molecule has 1 aliphatic carbocycles. The van der Waals surface area contributed by atoms with Crippen LogP contribution in [0.5, 0.6) is 0 Å². The lowest BCUT2D eigenvalue weighted by Gasteiger charge is -2.20. The van der Waals surface area contributed by atoms with Gasteiger partial charge in [-0.25, -0.2) is 0 Å². The molecule has 0 amide bonds. The van der Waals surface area contributed by atoms with Gasteiger partial charge in [-0.05, 0) is 18.9 Å². The van der Waals surface area contributed by atoms with E-state index in [2.05, 4.69) is 10.2 Å². The fourth-order valence-electron chi connectivity index (χ4n) is 1.97. The Kier molecular flexibility index (Phi) is 3.24. The summed E-state index contributed by atoms with van der Waals surface area (Å²) >= 11 is 11.6. The lowest BCUT2D eigenvalue weighted by atomic mass is 9.87. The predicted octanol–water partition coefficient (Wildman–Crippen LogP) is 3.83. The van der Waals surface area contributed by atoms with Gasteiger partial charge in [-0.1, -0.05) is 42.5 Å². The minimum Gasteiger partial charge on any atom is -0.154 e. The van der Waals surface area contributed by atoms with E-state index in [1.54, 1.807) is 0 Å². The summed E-state index contributed by atoms with van der Waals surface area (Å²) in [5.41, 5.74) is 0.999. The zero-order valence-corrected chi connectivity index (χ0v) is 9.35. The smallest absolute Gasteiger partial charge is 0.154 e. The van der Waals surface area contributed by atoms with Crippen LogP contribution in [0.1, 0.15) is 43.7 Å². The summed E-state index contributed by atoms with van der Waals surface area (Å²) in [4.78, 5) is 0. The van der Waals surface area contributed by atoms with Gasteiger partial charge in [0.05, 0.1) is 10.7 Å². The molecule has 0 aromatic carbocycles. The zero-order chi connectivity index (χ0) is 9.97. The topological polar surface area (TPSA) is 25.8 Å². The number of hydrogen-bond acceptors (Lipinski definition) is 2. The molecule has 0 radical (unpaired) electrons. The molecule has 0 N–H and O–H groups in total. The molecule has 1 heterocycles. The first-order chi connectivity index (χ1) is 6.77. The molecule has 0 atom stereocenters. The van der Waals surface area contributed by atoms with Gasteiger partial charge in [0.1, 0.15) is 0 Å². The van der Waals surface area contributed by atoms with E-state index < -0.39 is 0 Å². The molecule has 0 spiro atoms. The Morgan fingerprint density at radius 3 is 2.43 bits per heavy atom. The van der Waals surface area contributed by atoms with Crippen molar-refractivity contribution in [3.05, 3.63) is 21.9 Å². The van der Waals surface area contributed by atoms with Crippen LogP contribution in [0.25, 0.3) is 0 Å². The van der Waals surface area contributed by atoms with Crippen molar-refractivity contribution in [2.45, 2.75) is 38.0 Å². The fraction of sp³-hybridized carbons (Fsp3) is 0.600. The standard InChI is InChI=1S/C10H12Cl2N2/c11-8-6-9(13-14-10(8)12)7-4-2-1-3-5-7/h6-7H,1-5H2. The fourth-order valence-corrected chi connectivity index (χ4v) is 2.21. The van der Waals surface area contributed by atoms with Crippen molar-refractivity contribution in [3.8, 4) is 0 Å². The van der Waals surface area contributed by atoms with Crippen LogP contribution >= 0.6 is 23.2 Å². The SMILES string of the molecule is Clc1cc(C2CCCCC2)nnc1Cl. The van der Waals surface area contributed by atoms with Crippen molar-refractivity contribution < 1.29 is 0 Å². The molecular formula is C10H12Cl2N2. The van der Waals surface area contributed by atoms with Crippen molar-refractivity contribution in [3.63, 3.8) is 0 Å². The van der Waals surface area contributed by atoms with Gasteiger partial charge in [0.15, 0.2) is 5.15 Å². The molecule has 1 saturated carbocycles. The van der Waals surface area contributed by atoms with Crippen molar-refractivity contribution in [2.75, 3.05) is 0 Å². The van der Waals surface area contributed by atoms with E-state index in [4.69, 9.17) is 23.2 Å². The van der Waals surface area contributed by atoms with Crippen LogP contribution in [0, 0.1) is 0 Å². The van der Waals surface area contributed by atoms with Gasteiger partial charge in [-0.2, -0.15) is 5.10 Å². The van der Waals surface area contributed by atoms with E-state index in [9.17, 15) is 0 Å². The van der Waals surface area contributed by atoms with Gasteiger partial charge in [0.2, 0.25) is 0 Å². The molecule has 1 aliphatic rings. The van der Waals surface area contributed by atoms with Crippen LogP contribution in [0.15, 0.2) is 6.07 Å². The molecular weight excluding hydrogens is 219 g/mol. The van der Waals surface area contributed by atoms with E-state index >= 15 is 0 Å². The molecule has 1 fully saturated rings. The summed E-state index contributed by atoms with van der Waals surface area (Å²) in [6, 6.07) is 1.85. The minimum atomic E-state index is 0.297. The third-order valence-electron chi connectivity index (χ3n) is 2.75. The van der Waals surface area contributed by atoms with E-state index in [1.165, 1.54) is 32.1 Å². The second-order valence-electron chi connectivity index (χ2n) is 3.74. The highest BCUT2D eigenvalue weighted by atomic mass is 35.5. The highest BCUT2D eigenvalue weighted by Crippen LogP contribution is 2.32. The number of halogens is 2. The minimum absolute atomic E-state index is 0.297. The van der Waals surface area contributed by atoms with Crippen molar-refractivity contribution >= 4 is 23.2 Å². The Morgan fingerprint density at radius 1 is 1.07 bits per heavy atom. The molecule has 0 unspecified atom stereocenters. The van der Waals surface area contributed by atoms with Gasteiger partial charge in [-0.3, -0.25) is 0 Å². The summed E-state index contributed by atoms with van der Waals surface area (Å²) in [5, 5.41) is 8.75. The van der Waals surface area contributed by atoms with Crippen molar-refractivity contribution in [1.29, 1.82) is 0 Å². The van der Waals surface area contributed by atoms with Gasteiger partial charge in [0, 0.05) is 5.92 Å². The van der Waals surface area contributed by atoms with Gasteiger partial charge < -0.3 is 0 Å². The first kappa shape index (κ1) is 10.2. The molecule has 1 aromatic rings. The van der Waals surface area contributed by atoms with Gasteiger partial charge in [-0.15, -0.1) is 5.10 Å². The van der Waals surface area contributed by atoms with Crippen LogP contribution in [-0.4, -0.2) is 10.2 Å². The van der Waals surface area contributed by atoms with Gasteiger partial charge in [0.25, 0.3) is 0 Å². The second-order valence-corrected chi connectivity index (χ2v) is 4.51. The average molecular weight is 231 g/mol. The summed E-state index contributed by atoms with van der Waals surface area (Å²) < 4.78 is 0. The Hall–Kier alpha value is -0.340. The number of hydrogen-bond donors (Lipinski definition) is 0. The molecule has 0 saturated heterocycles. The Balaban J connectivity index is 2.18. The first-order valence-electron chi connectivity index (χ1n) is 4.96. The van der Waals surface area contributed by atoms with Crippen molar-refractivity contribution in [1.82, 2.24) is 10.2 Å². The Bertz CT molecular complexity index is 322. The first-order valence-corrected chi connectivity index (χ1v) is 5.71. The maximum Gasteiger partial charge on any atom is 0.170 e. The summed E-state index contributed by atoms with van der Waals surface area (Å²) in [6.45, 7) is 0. The highest BCUT2D eigenvalue weighted by molar-refractivity contribution is 6.41. The molecule has 0 aliphatic heterocycles.